The third kappa shape index (κ3) is 4.00. The Morgan fingerprint density at radius 1 is 1.05 bits per heavy atom. The van der Waals surface area contributed by atoms with Crippen LogP contribution in [0.4, 0.5) is 0 Å². The van der Waals surface area contributed by atoms with Crippen LogP contribution in [-0.4, -0.2) is 18.7 Å². The molecular weight excluding hydrogens is 323 g/mol. The van der Waals surface area contributed by atoms with Crippen molar-refractivity contribution >= 4 is 34.8 Å². The van der Waals surface area contributed by atoms with Gasteiger partial charge in [-0.25, -0.2) is 5.43 Å². The van der Waals surface area contributed by atoms with E-state index in [-0.39, 0.29) is 5.91 Å². The van der Waals surface area contributed by atoms with E-state index in [1.165, 1.54) is 0 Å². The number of nitrogens with zero attached hydrogens (tertiary/aromatic N) is 1. The summed E-state index contributed by atoms with van der Waals surface area (Å²) in [4.78, 5) is 12.0. The number of hydrogen-bond donors (Lipinski definition) is 1. The normalized spacial score (nSPS) is 11.2. The second kappa shape index (κ2) is 7.29. The lowest BCUT2D eigenvalue weighted by Crippen LogP contribution is -2.19. The molecule has 6 heteroatoms. The summed E-state index contributed by atoms with van der Waals surface area (Å²) >= 11 is 11.8. The van der Waals surface area contributed by atoms with Crippen LogP contribution in [0.1, 0.15) is 22.8 Å². The average molecular weight is 337 g/mol. The van der Waals surface area contributed by atoms with Crippen LogP contribution in [-0.2, 0) is 0 Å². The fourth-order valence-electron chi connectivity index (χ4n) is 1.73. The Hall–Kier alpha value is -2.04. The Labute approximate surface area is 138 Å². The molecular formula is C16H14Cl2N2O2. The van der Waals surface area contributed by atoms with Gasteiger partial charge >= 0.3 is 0 Å². The van der Waals surface area contributed by atoms with E-state index in [1.54, 1.807) is 56.5 Å². The number of nitrogens with one attached hydrogen (secondary N) is 1. The van der Waals surface area contributed by atoms with Crippen molar-refractivity contribution in [2.24, 2.45) is 5.10 Å². The van der Waals surface area contributed by atoms with Crippen LogP contribution in [0.25, 0.3) is 0 Å². The highest BCUT2D eigenvalue weighted by molar-refractivity contribution is 6.42. The second-order valence-corrected chi connectivity index (χ2v) is 5.31. The first-order chi connectivity index (χ1) is 10.5. The van der Waals surface area contributed by atoms with Gasteiger partial charge in [-0.3, -0.25) is 4.79 Å². The molecule has 22 heavy (non-hydrogen) atoms. The summed E-state index contributed by atoms with van der Waals surface area (Å²) in [7, 11) is 1.57. The lowest BCUT2D eigenvalue weighted by molar-refractivity contribution is 0.0955. The zero-order chi connectivity index (χ0) is 16.1. The Morgan fingerprint density at radius 2 is 1.68 bits per heavy atom. The van der Waals surface area contributed by atoms with Gasteiger partial charge in [0.15, 0.2) is 0 Å². The summed E-state index contributed by atoms with van der Waals surface area (Å²) < 4.78 is 5.04. The van der Waals surface area contributed by atoms with Crippen LogP contribution in [0.15, 0.2) is 47.6 Å². The van der Waals surface area contributed by atoms with Gasteiger partial charge in [-0.1, -0.05) is 29.3 Å². The summed E-state index contributed by atoms with van der Waals surface area (Å²) in [6, 6.07) is 11.9. The first-order valence-corrected chi connectivity index (χ1v) is 7.21. The van der Waals surface area contributed by atoms with Crippen LogP contribution in [0, 0.1) is 0 Å². The highest BCUT2D eigenvalue weighted by Gasteiger charge is 2.06. The van der Waals surface area contributed by atoms with Crippen LogP contribution in [0.3, 0.4) is 0 Å². The molecule has 1 N–H and O–H groups in total. The van der Waals surface area contributed by atoms with E-state index in [0.717, 1.165) is 5.56 Å². The van der Waals surface area contributed by atoms with Gasteiger partial charge in [0, 0.05) is 5.56 Å². The molecule has 0 aliphatic heterocycles. The van der Waals surface area contributed by atoms with E-state index in [9.17, 15) is 4.79 Å². The molecule has 0 aliphatic rings. The molecule has 2 aromatic carbocycles. The molecule has 0 saturated heterocycles. The van der Waals surface area contributed by atoms with Gasteiger partial charge in [-0.05, 0) is 48.9 Å². The lowest BCUT2D eigenvalue weighted by atomic mass is 10.1. The van der Waals surface area contributed by atoms with Gasteiger partial charge in [0.2, 0.25) is 0 Å². The maximum absolute atomic E-state index is 12.0. The highest BCUT2D eigenvalue weighted by atomic mass is 35.5. The highest BCUT2D eigenvalue weighted by Crippen LogP contribution is 2.22. The molecule has 114 valence electrons. The van der Waals surface area contributed by atoms with E-state index in [1.807, 2.05) is 0 Å². The van der Waals surface area contributed by atoms with Crippen molar-refractivity contribution in [3.05, 3.63) is 63.6 Å². The summed E-state index contributed by atoms with van der Waals surface area (Å²) in [6.45, 7) is 1.77. The number of carbonyl (C=O) groups is 1. The van der Waals surface area contributed by atoms with Crippen molar-refractivity contribution in [3.63, 3.8) is 0 Å². The maximum Gasteiger partial charge on any atom is 0.271 e. The van der Waals surface area contributed by atoms with Gasteiger partial charge in [0.05, 0.1) is 22.9 Å². The van der Waals surface area contributed by atoms with Crippen molar-refractivity contribution in [3.8, 4) is 5.75 Å². The number of rotatable bonds is 4. The van der Waals surface area contributed by atoms with Gasteiger partial charge < -0.3 is 4.74 Å². The molecule has 0 aromatic heterocycles. The standard InChI is InChI=1S/C16H14Cl2N2O2/c1-10(12-5-8-14(17)15(18)9-12)19-20-16(21)11-3-6-13(22-2)7-4-11/h3-9H,1-2H3,(H,20,21)/b19-10+. The quantitative estimate of drug-likeness (QED) is 0.673. The molecule has 0 atom stereocenters. The zero-order valence-electron chi connectivity index (χ0n) is 12.1. The number of hydrazone groups is 1. The molecule has 0 heterocycles. The Bertz CT molecular complexity index is 713. The fraction of sp³-hybridized carbons (Fsp3) is 0.125. The van der Waals surface area contributed by atoms with E-state index in [2.05, 4.69) is 10.5 Å². The number of amides is 1. The molecule has 0 fully saturated rings. The number of carbonyl (C=O) groups excluding carboxylic acids is 1. The van der Waals surface area contributed by atoms with Gasteiger partial charge in [-0.2, -0.15) is 5.10 Å². The van der Waals surface area contributed by atoms with E-state index >= 15 is 0 Å². The minimum Gasteiger partial charge on any atom is -0.497 e. The third-order valence-corrected chi connectivity index (χ3v) is 3.75. The predicted molar refractivity (Wildman–Crippen MR) is 89.1 cm³/mol. The molecule has 2 rings (SSSR count). The molecule has 0 aliphatic carbocycles. The second-order valence-electron chi connectivity index (χ2n) is 4.50. The first kappa shape index (κ1) is 16.3. The Kier molecular flexibility index (Phi) is 5.41. The summed E-state index contributed by atoms with van der Waals surface area (Å²) in [5.41, 5.74) is 4.40. The smallest absolute Gasteiger partial charge is 0.271 e. The number of methoxy groups -OCH3 is 1. The summed E-state index contributed by atoms with van der Waals surface area (Å²) in [5.74, 6) is 0.383. The Morgan fingerprint density at radius 3 is 2.27 bits per heavy atom. The molecule has 0 unspecified atom stereocenters. The average Bonchev–Trinajstić information content (AvgIpc) is 2.54. The van der Waals surface area contributed by atoms with Gasteiger partial charge in [0.1, 0.15) is 5.75 Å². The SMILES string of the molecule is COc1ccc(C(=O)N/N=C(\C)c2ccc(Cl)c(Cl)c2)cc1. The van der Waals surface area contributed by atoms with E-state index in [0.29, 0.717) is 27.1 Å². The number of benzene rings is 2. The maximum atomic E-state index is 12.0. The van der Waals surface area contributed by atoms with Crippen molar-refractivity contribution in [1.82, 2.24) is 5.43 Å². The van der Waals surface area contributed by atoms with Crippen LogP contribution < -0.4 is 10.2 Å². The molecule has 0 radical (unpaired) electrons. The van der Waals surface area contributed by atoms with Gasteiger partial charge in [0.25, 0.3) is 5.91 Å². The number of hydrogen-bond acceptors (Lipinski definition) is 3. The zero-order valence-corrected chi connectivity index (χ0v) is 13.6. The fourth-order valence-corrected chi connectivity index (χ4v) is 2.03. The molecule has 1 amide bonds. The molecule has 4 nitrogen and oxygen atoms in total. The predicted octanol–water partition coefficient (Wildman–Crippen LogP) is 4.16. The van der Waals surface area contributed by atoms with E-state index in [4.69, 9.17) is 27.9 Å². The van der Waals surface area contributed by atoms with Crippen LogP contribution >= 0.6 is 23.2 Å². The summed E-state index contributed by atoms with van der Waals surface area (Å²) in [5, 5.41) is 4.98. The monoisotopic (exact) mass is 336 g/mol. The van der Waals surface area contributed by atoms with Gasteiger partial charge in [-0.15, -0.1) is 0 Å². The van der Waals surface area contributed by atoms with Crippen LogP contribution in [0.2, 0.25) is 10.0 Å². The number of halogens is 2. The molecule has 2 aromatic rings. The largest absolute Gasteiger partial charge is 0.497 e. The number of ether oxygens (including phenoxy) is 1. The third-order valence-electron chi connectivity index (χ3n) is 3.01. The lowest BCUT2D eigenvalue weighted by Gasteiger charge is -2.05. The van der Waals surface area contributed by atoms with Crippen molar-refractivity contribution in [1.29, 1.82) is 0 Å². The molecule has 0 spiro atoms. The van der Waals surface area contributed by atoms with Crippen molar-refractivity contribution in [2.45, 2.75) is 6.92 Å². The van der Waals surface area contributed by atoms with Crippen molar-refractivity contribution in [2.75, 3.05) is 7.11 Å². The van der Waals surface area contributed by atoms with Crippen LogP contribution in [0.5, 0.6) is 5.75 Å². The summed E-state index contributed by atoms with van der Waals surface area (Å²) in [6.07, 6.45) is 0. The van der Waals surface area contributed by atoms with E-state index < -0.39 is 0 Å². The topological polar surface area (TPSA) is 50.7 Å². The minimum atomic E-state index is -0.304. The molecule has 0 bridgehead atoms. The molecule has 0 saturated carbocycles. The first-order valence-electron chi connectivity index (χ1n) is 6.45. The van der Waals surface area contributed by atoms with Crippen molar-refractivity contribution < 1.29 is 9.53 Å². The Balaban J connectivity index is 2.08. The minimum absolute atomic E-state index is 0.304.